The Morgan fingerprint density at radius 1 is 0.643 bits per heavy atom. The van der Waals surface area contributed by atoms with Crippen molar-refractivity contribution in [3.05, 3.63) is 0 Å². The molecule has 3 saturated heterocycles. The first-order valence-corrected chi connectivity index (χ1v) is 10.6. The van der Waals surface area contributed by atoms with Gasteiger partial charge in [0, 0.05) is 37.3 Å². The SMILES string of the molecule is CC1(C)CCCC(C)(C)N1c1nc(N2CCOCC2)nc(N2CCOCC2)n1. The average molecular weight is 391 g/mol. The second-order valence-electron chi connectivity index (χ2n) is 9.25. The molecule has 0 aliphatic carbocycles. The van der Waals surface area contributed by atoms with Gasteiger partial charge in [0.05, 0.1) is 26.4 Å². The third kappa shape index (κ3) is 3.89. The number of nitrogens with zero attached hydrogens (tertiary/aromatic N) is 6. The van der Waals surface area contributed by atoms with E-state index in [1.54, 1.807) is 0 Å². The van der Waals surface area contributed by atoms with Crippen LogP contribution in [0.15, 0.2) is 0 Å². The first-order chi connectivity index (χ1) is 13.4. The molecule has 0 bridgehead atoms. The van der Waals surface area contributed by atoms with Gasteiger partial charge >= 0.3 is 0 Å². The third-order valence-electron chi connectivity index (χ3n) is 6.18. The van der Waals surface area contributed by atoms with Gasteiger partial charge in [-0.2, -0.15) is 15.0 Å². The van der Waals surface area contributed by atoms with Gasteiger partial charge in [0.25, 0.3) is 0 Å². The molecule has 1 aromatic heterocycles. The van der Waals surface area contributed by atoms with Gasteiger partial charge in [0.1, 0.15) is 0 Å². The zero-order chi connectivity index (χ0) is 19.8. The highest BCUT2D eigenvalue weighted by Crippen LogP contribution is 2.41. The number of hydrogen-bond acceptors (Lipinski definition) is 8. The minimum absolute atomic E-state index is 0.00760. The number of ether oxygens (including phenoxy) is 2. The lowest BCUT2D eigenvalue weighted by molar-refractivity contribution is 0.121. The summed E-state index contributed by atoms with van der Waals surface area (Å²) in [7, 11) is 0. The maximum absolute atomic E-state index is 5.53. The molecule has 0 unspecified atom stereocenters. The van der Waals surface area contributed by atoms with Crippen molar-refractivity contribution in [2.45, 2.75) is 58.0 Å². The summed E-state index contributed by atoms with van der Waals surface area (Å²) in [5.74, 6) is 2.34. The van der Waals surface area contributed by atoms with Gasteiger partial charge in [0.15, 0.2) is 0 Å². The Labute approximate surface area is 168 Å². The van der Waals surface area contributed by atoms with Crippen LogP contribution in [0, 0.1) is 0 Å². The standard InChI is InChI=1S/C20H34N6O2/c1-19(2)6-5-7-20(3,4)26(19)18-22-16(24-8-12-27-13-9-24)21-17(23-18)25-10-14-28-15-11-25/h5-15H2,1-4H3. The molecule has 156 valence electrons. The summed E-state index contributed by atoms with van der Waals surface area (Å²) in [4.78, 5) is 21.7. The smallest absolute Gasteiger partial charge is 0.232 e. The molecule has 28 heavy (non-hydrogen) atoms. The van der Waals surface area contributed by atoms with Crippen LogP contribution in [-0.4, -0.2) is 78.6 Å². The number of anilines is 3. The molecule has 0 aromatic carbocycles. The quantitative estimate of drug-likeness (QED) is 0.777. The molecule has 0 amide bonds. The van der Waals surface area contributed by atoms with Crippen LogP contribution in [0.25, 0.3) is 0 Å². The Balaban J connectivity index is 1.76. The van der Waals surface area contributed by atoms with Crippen molar-refractivity contribution >= 4 is 17.8 Å². The summed E-state index contributed by atoms with van der Waals surface area (Å²) in [6.45, 7) is 15.4. The molecule has 0 atom stereocenters. The zero-order valence-electron chi connectivity index (χ0n) is 17.8. The Bertz CT molecular complexity index is 631. The highest BCUT2D eigenvalue weighted by Gasteiger charge is 2.43. The van der Waals surface area contributed by atoms with E-state index in [2.05, 4.69) is 42.4 Å². The van der Waals surface area contributed by atoms with Crippen molar-refractivity contribution in [1.82, 2.24) is 15.0 Å². The maximum Gasteiger partial charge on any atom is 0.232 e. The minimum Gasteiger partial charge on any atom is -0.378 e. The van der Waals surface area contributed by atoms with E-state index in [1.165, 1.54) is 6.42 Å². The van der Waals surface area contributed by atoms with Crippen LogP contribution in [0.5, 0.6) is 0 Å². The lowest BCUT2D eigenvalue weighted by atomic mass is 9.80. The van der Waals surface area contributed by atoms with Gasteiger partial charge in [-0.25, -0.2) is 0 Å². The van der Waals surface area contributed by atoms with Crippen LogP contribution < -0.4 is 14.7 Å². The van der Waals surface area contributed by atoms with E-state index >= 15 is 0 Å². The minimum atomic E-state index is 0.00760. The van der Waals surface area contributed by atoms with E-state index < -0.39 is 0 Å². The largest absolute Gasteiger partial charge is 0.378 e. The lowest BCUT2D eigenvalue weighted by Gasteiger charge is -2.53. The lowest BCUT2D eigenvalue weighted by Crippen LogP contribution is -2.59. The van der Waals surface area contributed by atoms with Crippen molar-refractivity contribution in [3.8, 4) is 0 Å². The fourth-order valence-electron chi connectivity index (χ4n) is 4.79. The van der Waals surface area contributed by atoms with Crippen LogP contribution in [0.1, 0.15) is 47.0 Å². The number of aromatic nitrogens is 3. The molecular weight excluding hydrogens is 356 g/mol. The predicted octanol–water partition coefficient (Wildman–Crippen LogP) is 2.09. The molecule has 3 aliphatic rings. The molecule has 0 radical (unpaired) electrons. The fourth-order valence-corrected chi connectivity index (χ4v) is 4.79. The van der Waals surface area contributed by atoms with Gasteiger partial charge in [-0.3, -0.25) is 0 Å². The molecule has 0 N–H and O–H groups in total. The molecule has 4 heterocycles. The van der Waals surface area contributed by atoms with Crippen LogP contribution in [0.2, 0.25) is 0 Å². The van der Waals surface area contributed by atoms with Crippen LogP contribution in [-0.2, 0) is 9.47 Å². The average Bonchev–Trinajstić information content (AvgIpc) is 2.68. The molecule has 3 fully saturated rings. The Hall–Kier alpha value is -1.67. The maximum atomic E-state index is 5.53. The van der Waals surface area contributed by atoms with Gasteiger partial charge in [-0.1, -0.05) is 0 Å². The third-order valence-corrected chi connectivity index (χ3v) is 6.18. The molecule has 0 spiro atoms. The van der Waals surface area contributed by atoms with E-state index in [0.717, 1.165) is 56.9 Å². The second-order valence-corrected chi connectivity index (χ2v) is 9.25. The molecule has 8 nitrogen and oxygen atoms in total. The number of rotatable bonds is 3. The summed E-state index contributed by atoms with van der Waals surface area (Å²) >= 11 is 0. The summed E-state index contributed by atoms with van der Waals surface area (Å²) < 4.78 is 11.1. The Morgan fingerprint density at radius 2 is 1.04 bits per heavy atom. The summed E-state index contributed by atoms with van der Waals surface area (Å²) in [5.41, 5.74) is 0.0152. The normalized spacial score (nSPS) is 25.1. The number of hydrogen-bond donors (Lipinski definition) is 0. The summed E-state index contributed by atoms with van der Waals surface area (Å²) in [5, 5.41) is 0. The Morgan fingerprint density at radius 3 is 1.46 bits per heavy atom. The highest BCUT2D eigenvalue weighted by molar-refractivity contribution is 5.50. The van der Waals surface area contributed by atoms with Crippen molar-refractivity contribution in [1.29, 1.82) is 0 Å². The fraction of sp³-hybridized carbons (Fsp3) is 0.850. The van der Waals surface area contributed by atoms with Gasteiger partial charge < -0.3 is 24.2 Å². The number of piperidine rings is 1. The van der Waals surface area contributed by atoms with Crippen LogP contribution >= 0.6 is 0 Å². The van der Waals surface area contributed by atoms with Crippen molar-refractivity contribution in [3.63, 3.8) is 0 Å². The molecule has 1 aromatic rings. The second kappa shape index (κ2) is 7.63. The molecule has 0 saturated carbocycles. The van der Waals surface area contributed by atoms with E-state index in [0.29, 0.717) is 26.4 Å². The summed E-state index contributed by atoms with van der Waals surface area (Å²) in [6, 6.07) is 0. The van der Waals surface area contributed by atoms with Crippen molar-refractivity contribution < 1.29 is 9.47 Å². The molecule has 3 aliphatic heterocycles. The molecule has 4 rings (SSSR count). The van der Waals surface area contributed by atoms with Crippen molar-refractivity contribution in [2.24, 2.45) is 0 Å². The Kier molecular flexibility index (Phi) is 5.35. The monoisotopic (exact) mass is 390 g/mol. The molecular formula is C20H34N6O2. The van der Waals surface area contributed by atoms with Crippen LogP contribution in [0.4, 0.5) is 17.8 Å². The van der Waals surface area contributed by atoms with Gasteiger partial charge in [0.2, 0.25) is 17.8 Å². The summed E-state index contributed by atoms with van der Waals surface area (Å²) in [6.07, 6.45) is 3.51. The first kappa shape index (κ1) is 19.6. The van der Waals surface area contributed by atoms with E-state index in [-0.39, 0.29) is 11.1 Å². The zero-order valence-corrected chi connectivity index (χ0v) is 17.8. The van der Waals surface area contributed by atoms with Gasteiger partial charge in [-0.05, 0) is 47.0 Å². The highest BCUT2D eigenvalue weighted by atomic mass is 16.5. The molecule has 8 heteroatoms. The van der Waals surface area contributed by atoms with Crippen LogP contribution in [0.3, 0.4) is 0 Å². The van der Waals surface area contributed by atoms with Crippen molar-refractivity contribution in [2.75, 3.05) is 67.3 Å². The topological polar surface area (TPSA) is 66.9 Å². The number of morpholine rings is 2. The predicted molar refractivity (Wildman–Crippen MR) is 110 cm³/mol. The van der Waals surface area contributed by atoms with E-state index in [4.69, 9.17) is 24.4 Å². The van der Waals surface area contributed by atoms with E-state index in [1.807, 2.05) is 0 Å². The first-order valence-electron chi connectivity index (χ1n) is 10.6. The van der Waals surface area contributed by atoms with Gasteiger partial charge in [-0.15, -0.1) is 0 Å². The van der Waals surface area contributed by atoms with E-state index in [9.17, 15) is 0 Å².